The van der Waals surface area contributed by atoms with Crippen molar-refractivity contribution in [2.24, 2.45) is 0 Å². The van der Waals surface area contributed by atoms with Crippen LogP contribution in [0.5, 0.6) is 0 Å². The van der Waals surface area contributed by atoms with E-state index in [1.807, 2.05) is 0 Å². The van der Waals surface area contributed by atoms with Gasteiger partial charge in [-0.15, -0.1) is 0 Å². The molecule has 0 spiro atoms. The monoisotopic (exact) mass is 364 g/mol. The summed E-state index contributed by atoms with van der Waals surface area (Å²) >= 11 is 0. The summed E-state index contributed by atoms with van der Waals surface area (Å²) in [5.41, 5.74) is -0.302. The molecule has 0 aromatic heterocycles. The molecule has 0 saturated carbocycles. The molecule has 0 N–H and O–H groups in total. The Morgan fingerprint density at radius 2 is 1.42 bits per heavy atom. The standard InChI is InChI=1S/C17H18F2N4O3/c18-13-9-12(11-20)10-14(19)15(13)21-1-3-22(4-2-21)16(24)17(25)23-5-7-26-8-6-23/h9-10H,1-8H2. The van der Waals surface area contributed by atoms with Crippen LogP contribution >= 0.6 is 0 Å². The van der Waals surface area contributed by atoms with Gasteiger partial charge in [0.2, 0.25) is 0 Å². The van der Waals surface area contributed by atoms with Crippen LogP contribution in [0.2, 0.25) is 0 Å². The van der Waals surface area contributed by atoms with Crippen LogP contribution in [0.15, 0.2) is 12.1 Å². The van der Waals surface area contributed by atoms with E-state index in [9.17, 15) is 18.4 Å². The van der Waals surface area contributed by atoms with Crippen molar-refractivity contribution >= 4 is 17.5 Å². The van der Waals surface area contributed by atoms with Crippen LogP contribution in [0.4, 0.5) is 14.5 Å². The lowest BCUT2D eigenvalue weighted by molar-refractivity contribution is -0.154. The smallest absolute Gasteiger partial charge is 0.312 e. The summed E-state index contributed by atoms with van der Waals surface area (Å²) in [6.45, 7) is 2.35. The van der Waals surface area contributed by atoms with Crippen LogP contribution in [-0.4, -0.2) is 74.1 Å². The Kier molecular flexibility index (Phi) is 5.32. The van der Waals surface area contributed by atoms with E-state index in [4.69, 9.17) is 10.00 Å². The third kappa shape index (κ3) is 3.60. The molecule has 7 nitrogen and oxygen atoms in total. The third-order valence-corrected chi connectivity index (χ3v) is 4.51. The zero-order chi connectivity index (χ0) is 18.7. The van der Waals surface area contributed by atoms with Crippen LogP contribution in [0.25, 0.3) is 0 Å². The molecule has 9 heteroatoms. The number of carbonyl (C=O) groups excluding carboxylic acids is 2. The average molecular weight is 364 g/mol. The normalized spacial score (nSPS) is 17.8. The lowest BCUT2D eigenvalue weighted by Crippen LogP contribution is -2.55. The highest BCUT2D eigenvalue weighted by Gasteiger charge is 2.31. The van der Waals surface area contributed by atoms with Gasteiger partial charge in [0.05, 0.1) is 24.8 Å². The molecule has 0 unspecified atom stereocenters. The maximum absolute atomic E-state index is 14.1. The minimum atomic E-state index is -0.814. The van der Waals surface area contributed by atoms with E-state index in [1.165, 1.54) is 14.7 Å². The Morgan fingerprint density at radius 1 is 0.923 bits per heavy atom. The van der Waals surface area contributed by atoms with Crippen LogP contribution < -0.4 is 4.90 Å². The Hall–Kier alpha value is -2.73. The first kappa shape index (κ1) is 18.1. The lowest BCUT2D eigenvalue weighted by Gasteiger charge is -2.37. The molecule has 138 valence electrons. The number of anilines is 1. The lowest BCUT2D eigenvalue weighted by atomic mass is 10.1. The van der Waals surface area contributed by atoms with Crippen molar-refractivity contribution in [3.8, 4) is 6.07 Å². The van der Waals surface area contributed by atoms with Crippen LogP contribution in [0, 0.1) is 23.0 Å². The van der Waals surface area contributed by atoms with Crippen molar-refractivity contribution in [3.05, 3.63) is 29.3 Å². The molecule has 2 fully saturated rings. The zero-order valence-corrected chi connectivity index (χ0v) is 14.1. The molecule has 0 aliphatic carbocycles. The summed E-state index contributed by atoms with van der Waals surface area (Å²) in [5.74, 6) is -2.80. The van der Waals surface area contributed by atoms with Gasteiger partial charge in [0, 0.05) is 39.3 Å². The summed E-state index contributed by atoms with van der Waals surface area (Å²) in [5, 5.41) is 8.76. The number of hydrogen-bond donors (Lipinski definition) is 0. The largest absolute Gasteiger partial charge is 0.378 e. The molecule has 3 rings (SSSR count). The van der Waals surface area contributed by atoms with Gasteiger partial charge in [0.15, 0.2) is 11.6 Å². The summed E-state index contributed by atoms with van der Waals surface area (Å²) in [7, 11) is 0. The van der Waals surface area contributed by atoms with E-state index < -0.39 is 23.4 Å². The van der Waals surface area contributed by atoms with Crippen LogP contribution in [-0.2, 0) is 14.3 Å². The Bertz CT molecular complexity index is 728. The first-order valence-corrected chi connectivity index (χ1v) is 8.31. The fraction of sp³-hybridized carbons (Fsp3) is 0.471. The van der Waals surface area contributed by atoms with E-state index in [-0.39, 0.29) is 37.4 Å². The van der Waals surface area contributed by atoms with Gasteiger partial charge in [-0.1, -0.05) is 0 Å². The highest BCUT2D eigenvalue weighted by molar-refractivity contribution is 6.34. The minimum absolute atomic E-state index is 0.0892. The summed E-state index contributed by atoms with van der Waals surface area (Å²) in [6.07, 6.45) is 0. The van der Waals surface area contributed by atoms with Crippen molar-refractivity contribution < 1.29 is 23.1 Å². The summed E-state index contributed by atoms with van der Waals surface area (Å²) in [6, 6.07) is 3.67. The molecule has 26 heavy (non-hydrogen) atoms. The maximum Gasteiger partial charge on any atom is 0.312 e. The first-order chi connectivity index (χ1) is 12.5. The van der Waals surface area contributed by atoms with Crippen molar-refractivity contribution in [3.63, 3.8) is 0 Å². The molecular weight excluding hydrogens is 346 g/mol. The quantitative estimate of drug-likeness (QED) is 0.672. The molecule has 2 aliphatic heterocycles. The molecule has 1 aromatic carbocycles. The predicted molar refractivity (Wildman–Crippen MR) is 87.3 cm³/mol. The molecule has 2 aliphatic rings. The van der Waals surface area contributed by atoms with E-state index >= 15 is 0 Å². The van der Waals surface area contributed by atoms with Gasteiger partial charge in [0.1, 0.15) is 5.69 Å². The maximum atomic E-state index is 14.1. The number of piperazine rings is 1. The molecule has 1 aromatic rings. The fourth-order valence-corrected chi connectivity index (χ4v) is 3.10. The first-order valence-electron chi connectivity index (χ1n) is 8.31. The van der Waals surface area contributed by atoms with E-state index in [0.717, 1.165) is 12.1 Å². The molecule has 0 atom stereocenters. The van der Waals surface area contributed by atoms with Crippen molar-refractivity contribution in [2.75, 3.05) is 57.4 Å². The van der Waals surface area contributed by atoms with Gasteiger partial charge in [-0.25, -0.2) is 8.78 Å². The van der Waals surface area contributed by atoms with E-state index in [0.29, 0.717) is 26.3 Å². The minimum Gasteiger partial charge on any atom is -0.378 e. The van der Waals surface area contributed by atoms with Crippen LogP contribution in [0.3, 0.4) is 0 Å². The van der Waals surface area contributed by atoms with Gasteiger partial charge < -0.3 is 19.4 Å². The molecule has 2 amide bonds. The Labute approximate surface area is 149 Å². The number of halogens is 2. The van der Waals surface area contributed by atoms with Crippen molar-refractivity contribution in [2.45, 2.75) is 0 Å². The van der Waals surface area contributed by atoms with Crippen molar-refractivity contribution in [1.82, 2.24) is 9.80 Å². The van der Waals surface area contributed by atoms with Gasteiger partial charge in [-0.3, -0.25) is 9.59 Å². The number of nitriles is 1. The third-order valence-electron chi connectivity index (χ3n) is 4.51. The number of rotatable bonds is 1. The van der Waals surface area contributed by atoms with E-state index in [1.54, 1.807) is 6.07 Å². The molecule has 0 radical (unpaired) electrons. The van der Waals surface area contributed by atoms with Gasteiger partial charge in [-0.05, 0) is 12.1 Å². The zero-order valence-electron chi connectivity index (χ0n) is 14.1. The van der Waals surface area contributed by atoms with Gasteiger partial charge in [0.25, 0.3) is 0 Å². The number of nitrogens with zero attached hydrogens (tertiary/aromatic N) is 4. The number of carbonyl (C=O) groups is 2. The second-order valence-corrected chi connectivity index (χ2v) is 6.08. The summed E-state index contributed by atoms with van der Waals surface area (Å²) < 4.78 is 33.4. The predicted octanol–water partition coefficient (Wildman–Crippen LogP) is 0.344. The molecule has 2 saturated heterocycles. The second-order valence-electron chi connectivity index (χ2n) is 6.08. The second kappa shape index (κ2) is 7.66. The average Bonchev–Trinajstić information content (AvgIpc) is 2.67. The molecule has 0 bridgehead atoms. The fourth-order valence-electron chi connectivity index (χ4n) is 3.10. The number of morpholine rings is 1. The summed E-state index contributed by atoms with van der Waals surface area (Å²) in [4.78, 5) is 28.9. The van der Waals surface area contributed by atoms with Gasteiger partial charge >= 0.3 is 11.8 Å². The topological polar surface area (TPSA) is 76.9 Å². The Balaban J connectivity index is 1.63. The molecule has 2 heterocycles. The number of amides is 2. The Morgan fingerprint density at radius 3 is 1.92 bits per heavy atom. The molecular formula is C17H18F2N4O3. The SMILES string of the molecule is N#Cc1cc(F)c(N2CCN(C(=O)C(=O)N3CCOCC3)CC2)c(F)c1. The number of ether oxygens (including phenoxy) is 1. The number of hydrogen-bond acceptors (Lipinski definition) is 5. The van der Waals surface area contributed by atoms with Crippen molar-refractivity contribution in [1.29, 1.82) is 5.26 Å². The highest BCUT2D eigenvalue weighted by atomic mass is 19.1. The van der Waals surface area contributed by atoms with E-state index in [2.05, 4.69) is 0 Å². The highest BCUT2D eigenvalue weighted by Crippen LogP contribution is 2.26. The van der Waals surface area contributed by atoms with Gasteiger partial charge in [-0.2, -0.15) is 5.26 Å². The number of benzene rings is 1. The van der Waals surface area contributed by atoms with Crippen LogP contribution in [0.1, 0.15) is 5.56 Å².